The highest BCUT2D eigenvalue weighted by Crippen LogP contribution is 2.35. The summed E-state index contributed by atoms with van der Waals surface area (Å²) in [5.74, 6) is 0.372. The van der Waals surface area contributed by atoms with E-state index in [-0.39, 0.29) is 11.9 Å². The third-order valence-electron chi connectivity index (χ3n) is 5.24. The van der Waals surface area contributed by atoms with Crippen LogP contribution in [-0.2, 0) is 11.0 Å². The van der Waals surface area contributed by atoms with Gasteiger partial charge >= 0.3 is 6.18 Å². The van der Waals surface area contributed by atoms with Crippen LogP contribution in [-0.4, -0.2) is 45.8 Å². The number of likely N-dealkylation sites (tertiary alicyclic amines) is 1. The van der Waals surface area contributed by atoms with Gasteiger partial charge in [-0.2, -0.15) is 18.3 Å². The topological polar surface area (TPSA) is 60.2 Å². The number of methoxy groups -OCH3 is 1. The molecule has 0 bridgehead atoms. The van der Waals surface area contributed by atoms with Crippen molar-refractivity contribution in [2.45, 2.75) is 18.6 Å². The van der Waals surface area contributed by atoms with Gasteiger partial charge in [-0.3, -0.25) is 4.79 Å². The predicted molar refractivity (Wildman–Crippen MR) is 105 cm³/mol. The number of nitrogens with zero attached hydrogens (tertiary/aromatic N) is 4. The molecule has 0 saturated carbocycles. The Kier molecular flexibility index (Phi) is 4.97. The van der Waals surface area contributed by atoms with E-state index in [9.17, 15) is 18.0 Å². The Labute approximate surface area is 170 Å². The van der Waals surface area contributed by atoms with Crippen molar-refractivity contribution in [2.24, 2.45) is 0 Å². The summed E-state index contributed by atoms with van der Waals surface area (Å²) in [5, 5.41) is 5.35. The largest absolute Gasteiger partial charge is 0.495 e. The molecule has 3 aromatic rings. The van der Waals surface area contributed by atoms with Gasteiger partial charge in [-0.05, 0) is 30.7 Å². The molecule has 2 aromatic heterocycles. The molecule has 0 N–H and O–H groups in total. The number of hydrogen-bond donors (Lipinski definition) is 0. The number of pyridine rings is 1. The average Bonchev–Trinajstić information content (AvgIpc) is 3.37. The second-order valence-electron chi connectivity index (χ2n) is 7.05. The van der Waals surface area contributed by atoms with Crippen LogP contribution in [0.2, 0.25) is 0 Å². The minimum atomic E-state index is -4.41. The quantitative estimate of drug-likeness (QED) is 0.602. The summed E-state index contributed by atoms with van der Waals surface area (Å²) in [6.45, 7) is 4.55. The van der Waals surface area contributed by atoms with Gasteiger partial charge in [0.15, 0.2) is 5.65 Å². The molecule has 1 atom stereocenters. The highest BCUT2D eigenvalue weighted by atomic mass is 19.4. The SMILES string of the molecule is C=CC(=O)N1CCC(n2nc(-c3ccc(C(F)(F)F)cc3)c3cc(OC)cnc32)C1. The molecule has 0 spiro atoms. The zero-order valence-corrected chi connectivity index (χ0v) is 16.2. The fourth-order valence-corrected chi connectivity index (χ4v) is 3.67. The lowest BCUT2D eigenvalue weighted by Crippen LogP contribution is -2.27. The number of alkyl halides is 3. The molecule has 9 heteroatoms. The van der Waals surface area contributed by atoms with E-state index in [2.05, 4.69) is 16.7 Å². The van der Waals surface area contributed by atoms with Gasteiger partial charge in [0.2, 0.25) is 5.91 Å². The molecule has 1 aromatic carbocycles. The monoisotopic (exact) mass is 416 g/mol. The van der Waals surface area contributed by atoms with Gasteiger partial charge in [0.1, 0.15) is 11.4 Å². The summed E-state index contributed by atoms with van der Waals surface area (Å²) < 4.78 is 45.8. The van der Waals surface area contributed by atoms with E-state index in [0.29, 0.717) is 47.6 Å². The number of carbonyl (C=O) groups excluding carboxylic acids is 1. The maximum absolute atomic E-state index is 12.9. The van der Waals surface area contributed by atoms with Crippen molar-refractivity contribution in [1.29, 1.82) is 0 Å². The second kappa shape index (κ2) is 7.47. The molecule has 6 nitrogen and oxygen atoms in total. The highest BCUT2D eigenvalue weighted by molar-refractivity contribution is 5.92. The van der Waals surface area contributed by atoms with Crippen LogP contribution in [0, 0.1) is 0 Å². The fourth-order valence-electron chi connectivity index (χ4n) is 3.67. The zero-order valence-electron chi connectivity index (χ0n) is 16.2. The van der Waals surface area contributed by atoms with E-state index in [1.807, 2.05) is 0 Å². The highest BCUT2D eigenvalue weighted by Gasteiger charge is 2.31. The van der Waals surface area contributed by atoms with Crippen molar-refractivity contribution < 1.29 is 22.7 Å². The molecule has 0 radical (unpaired) electrons. The summed E-state index contributed by atoms with van der Waals surface area (Å²) in [6.07, 6.45) is -0.870. The van der Waals surface area contributed by atoms with Crippen molar-refractivity contribution in [3.63, 3.8) is 0 Å². The average molecular weight is 416 g/mol. The Hall–Kier alpha value is -3.36. The second-order valence-corrected chi connectivity index (χ2v) is 7.05. The van der Waals surface area contributed by atoms with Crippen LogP contribution in [0.15, 0.2) is 49.2 Å². The smallest absolute Gasteiger partial charge is 0.416 e. The first-order valence-electron chi connectivity index (χ1n) is 9.33. The molecule has 1 saturated heterocycles. The van der Waals surface area contributed by atoms with E-state index in [1.54, 1.807) is 21.8 Å². The first-order valence-corrected chi connectivity index (χ1v) is 9.33. The van der Waals surface area contributed by atoms with E-state index in [1.165, 1.54) is 25.3 Å². The molecule has 1 unspecified atom stereocenters. The van der Waals surface area contributed by atoms with E-state index >= 15 is 0 Å². The Morgan fingerprint density at radius 2 is 2.03 bits per heavy atom. The van der Waals surface area contributed by atoms with Crippen molar-refractivity contribution in [1.82, 2.24) is 19.7 Å². The van der Waals surface area contributed by atoms with Crippen molar-refractivity contribution in [2.75, 3.05) is 20.2 Å². The van der Waals surface area contributed by atoms with Crippen molar-refractivity contribution in [3.8, 4) is 17.0 Å². The number of aromatic nitrogens is 3. The Balaban J connectivity index is 1.78. The van der Waals surface area contributed by atoms with Gasteiger partial charge in [-0.25, -0.2) is 9.67 Å². The summed E-state index contributed by atoms with van der Waals surface area (Å²) in [5.41, 5.74) is 0.918. The summed E-state index contributed by atoms with van der Waals surface area (Å²) >= 11 is 0. The molecule has 0 aliphatic carbocycles. The van der Waals surface area contributed by atoms with Gasteiger partial charge in [0.05, 0.1) is 30.3 Å². The summed E-state index contributed by atoms with van der Waals surface area (Å²) in [4.78, 5) is 18.1. The zero-order chi connectivity index (χ0) is 21.5. The molecule has 30 heavy (non-hydrogen) atoms. The third kappa shape index (κ3) is 3.51. The number of fused-ring (bicyclic) bond motifs is 1. The minimum Gasteiger partial charge on any atom is -0.495 e. The first-order chi connectivity index (χ1) is 14.3. The number of carbonyl (C=O) groups is 1. The van der Waals surface area contributed by atoms with E-state index in [4.69, 9.17) is 4.74 Å². The normalized spacial score (nSPS) is 16.8. The standard InChI is InChI=1S/C21H19F3N4O2/c1-3-18(29)27-9-8-15(12-27)28-20-17(10-16(30-2)11-25-20)19(26-28)13-4-6-14(7-5-13)21(22,23)24/h3-7,10-11,15H,1,8-9,12H2,2H3. The van der Waals surface area contributed by atoms with Crippen LogP contribution in [0.4, 0.5) is 13.2 Å². The Morgan fingerprint density at radius 3 is 2.67 bits per heavy atom. The lowest BCUT2D eigenvalue weighted by molar-refractivity contribution is -0.137. The summed E-state index contributed by atoms with van der Waals surface area (Å²) in [6, 6.07) is 6.54. The minimum absolute atomic E-state index is 0.0968. The Morgan fingerprint density at radius 1 is 1.30 bits per heavy atom. The van der Waals surface area contributed by atoms with E-state index in [0.717, 1.165) is 12.1 Å². The number of amides is 1. The van der Waals surface area contributed by atoms with Crippen LogP contribution < -0.4 is 4.74 Å². The molecule has 4 rings (SSSR count). The van der Waals surface area contributed by atoms with Crippen molar-refractivity contribution in [3.05, 3.63) is 54.7 Å². The Bertz CT molecular complexity index is 1110. The van der Waals surface area contributed by atoms with Crippen LogP contribution in [0.25, 0.3) is 22.3 Å². The molecule has 1 amide bonds. The number of halogens is 3. The van der Waals surface area contributed by atoms with Gasteiger partial charge in [0.25, 0.3) is 0 Å². The number of ether oxygens (including phenoxy) is 1. The van der Waals surface area contributed by atoms with Crippen LogP contribution in [0.5, 0.6) is 5.75 Å². The van der Waals surface area contributed by atoms with Gasteiger partial charge < -0.3 is 9.64 Å². The lowest BCUT2D eigenvalue weighted by atomic mass is 10.1. The van der Waals surface area contributed by atoms with Gasteiger partial charge in [-0.15, -0.1) is 0 Å². The van der Waals surface area contributed by atoms with Crippen LogP contribution in [0.3, 0.4) is 0 Å². The van der Waals surface area contributed by atoms with E-state index < -0.39 is 11.7 Å². The lowest BCUT2D eigenvalue weighted by Gasteiger charge is -2.14. The number of hydrogen-bond acceptors (Lipinski definition) is 4. The number of benzene rings is 1. The number of rotatable bonds is 4. The first kappa shape index (κ1) is 19.9. The molecular formula is C21H19F3N4O2. The van der Waals surface area contributed by atoms with Crippen LogP contribution >= 0.6 is 0 Å². The maximum atomic E-state index is 12.9. The van der Waals surface area contributed by atoms with Crippen LogP contribution in [0.1, 0.15) is 18.0 Å². The molecule has 1 aliphatic heterocycles. The summed E-state index contributed by atoms with van der Waals surface area (Å²) in [7, 11) is 1.51. The predicted octanol–water partition coefficient (Wildman–Crippen LogP) is 4.09. The molecule has 1 fully saturated rings. The molecule has 1 aliphatic rings. The molecular weight excluding hydrogens is 397 g/mol. The van der Waals surface area contributed by atoms with Crippen molar-refractivity contribution >= 4 is 16.9 Å². The van der Waals surface area contributed by atoms with Gasteiger partial charge in [-0.1, -0.05) is 18.7 Å². The molecule has 3 heterocycles. The fraction of sp³-hybridized carbons (Fsp3) is 0.286. The molecule has 156 valence electrons. The van der Waals surface area contributed by atoms with Gasteiger partial charge in [0, 0.05) is 18.7 Å². The third-order valence-corrected chi connectivity index (χ3v) is 5.24. The maximum Gasteiger partial charge on any atom is 0.416 e.